The van der Waals surface area contributed by atoms with Crippen LogP contribution in [0.25, 0.3) is 0 Å². The SMILES string of the molecule is COc1ccc(NC(=O)N2CCC3(CC2)SCC(=O)N3c2ccc(C)cc2)cc1. The van der Waals surface area contributed by atoms with Crippen molar-refractivity contribution in [2.45, 2.75) is 24.6 Å². The molecule has 2 aromatic carbocycles. The van der Waals surface area contributed by atoms with Gasteiger partial charge in [0.05, 0.1) is 17.7 Å². The predicted octanol–water partition coefficient (Wildman–Crippen LogP) is 4.11. The van der Waals surface area contributed by atoms with E-state index in [2.05, 4.69) is 5.32 Å². The van der Waals surface area contributed by atoms with Crippen molar-refractivity contribution in [1.29, 1.82) is 0 Å². The number of methoxy groups -OCH3 is 1. The fourth-order valence-electron chi connectivity index (χ4n) is 3.93. The largest absolute Gasteiger partial charge is 0.497 e. The number of thioether (sulfide) groups is 1. The van der Waals surface area contributed by atoms with Crippen LogP contribution >= 0.6 is 11.8 Å². The van der Waals surface area contributed by atoms with Gasteiger partial charge in [-0.1, -0.05) is 17.7 Å². The lowest BCUT2D eigenvalue weighted by atomic mass is 10.0. The lowest BCUT2D eigenvalue weighted by Crippen LogP contribution is -2.53. The van der Waals surface area contributed by atoms with Gasteiger partial charge in [-0.25, -0.2) is 4.79 Å². The second kappa shape index (κ2) is 7.99. The fourth-order valence-corrected chi connectivity index (χ4v) is 5.26. The first-order chi connectivity index (χ1) is 14.0. The van der Waals surface area contributed by atoms with Crippen molar-refractivity contribution in [2.75, 3.05) is 36.2 Å². The van der Waals surface area contributed by atoms with E-state index in [9.17, 15) is 9.59 Å². The fraction of sp³-hybridized carbons (Fsp3) is 0.364. The Morgan fingerprint density at radius 3 is 2.34 bits per heavy atom. The summed E-state index contributed by atoms with van der Waals surface area (Å²) in [6.07, 6.45) is 1.51. The van der Waals surface area contributed by atoms with Crippen LogP contribution in [0.3, 0.4) is 0 Å². The average Bonchev–Trinajstić information content (AvgIpc) is 3.05. The van der Waals surface area contributed by atoms with Gasteiger partial charge in [-0.2, -0.15) is 0 Å². The molecule has 0 unspecified atom stereocenters. The van der Waals surface area contributed by atoms with Crippen LogP contribution in [-0.2, 0) is 4.79 Å². The van der Waals surface area contributed by atoms with Gasteiger partial charge in [0.25, 0.3) is 0 Å². The predicted molar refractivity (Wildman–Crippen MR) is 117 cm³/mol. The monoisotopic (exact) mass is 411 g/mol. The molecule has 2 aliphatic rings. The molecule has 0 bridgehead atoms. The molecule has 2 saturated heterocycles. The number of ether oxygens (including phenoxy) is 1. The number of likely N-dealkylation sites (tertiary alicyclic amines) is 1. The average molecular weight is 412 g/mol. The lowest BCUT2D eigenvalue weighted by Gasteiger charge is -2.43. The molecule has 0 atom stereocenters. The van der Waals surface area contributed by atoms with Crippen molar-refractivity contribution >= 4 is 35.1 Å². The third-order valence-electron chi connectivity index (χ3n) is 5.59. The van der Waals surface area contributed by atoms with Gasteiger partial charge in [-0.05, 0) is 56.2 Å². The van der Waals surface area contributed by atoms with E-state index in [1.165, 1.54) is 5.56 Å². The summed E-state index contributed by atoms with van der Waals surface area (Å²) in [5.41, 5.74) is 2.86. The molecule has 1 spiro atoms. The van der Waals surface area contributed by atoms with Gasteiger partial charge >= 0.3 is 6.03 Å². The lowest BCUT2D eigenvalue weighted by molar-refractivity contribution is -0.116. The van der Waals surface area contributed by atoms with Crippen LogP contribution in [0.1, 0.15) is 18.4 Å². The summed E-state index contributed by atoms with van der Waals surface area (Å²) in [4.78, 5) is 28.8. The first-order valence-corrected chi connectivity index (χ1v) is 10.7. The highest BCUT2D eigenvalue weighted by molar-refractivity contribution is 8.02. The van der Waals surface area contributed by atoms with Crippen LogP contribution in [0.5, 0.6) is 5.75 Å². The number of hydrogen-bond donors (Lipinski definition) is 1. The Morgan fingerprint density at radius 1 is 1.07 bits per heavy atom. The highest BCUT2D eigenvalue weighted by Crippen LogP contribution is 2.46. The zero-order chi connectivity index (χ0) is 20.4. The number of hydrogen-bond acceptors (Lipinski definition) is 4. The molecular formula is C22H25N3O3S. The van der Waals surface area contributed by atoms with E-state index in [1.807, 2.05) is 65.3 Å². The number of anilines is 2. The number of carbonyl (C=O) groups excluding carboxylic acids is 2. The molecule has 0 saturated carbocycles. The Bertz CT molecular complexity index is 891. The maximum Gasteiger partial charge on any atom is 0.321 e. The maximum absolute atomic E-state index is 12.7. The van der Waals surface area contributed by atoms with Crippen LogP contribution in [0, 0.1) is 6.92 Å². The zero-order valence-electron chi connectivity index (χ0n) is 16.7. The highest BCUT2D eigenvalue weighted by Gasteiger charge is 2.49. The Morgan fingerprint density at radius 2 is 1.72 bits per heavy atom. The minimum absolute atomic E-state index is 0.110. The molecule has 7 heteroatoms. The third-order valence-corrected chi connectivity index (χ3v) is 7.11. The van der Waals surface area contributed by atoms with E-state index in [4.69, 9.17) is 4.74 Å². The molecule has 6 nitrogen and oxygen atoms in total. The molecule has 2 aliphatic heterocycles. The first kappa shape index (κ1) is 19.6. The summed E-state index contributed by atoms with van der Waals surface area (Å²) in [5, 5.41) is 2.94. The number of aryl methyl sites for hydroxylation is 1. The second-order valence-corrected chi connectivity index (χ2v) is 8.78. The summed E-state index contributed by atoms with van der Waals surface area (Å²) in [6, 6.07) is 15.3. The molecular weight excluding hydrogens is 386 g/mol. The minimum atomic E-state index is -0.261. The molecule has 3 amide bonds. The van der Waals surface area contributed by atoms with Gasteiger partial charge in [0.1, 0.15) is 5.75 Å². The van der Waals surface area contributed by atoms with E-state index in [1.54, 1.807) is 18.9 Å². The third kappa shape index (κ3) is 3.92. The molecule has 0 aromatic heterocycles. The highest BCUT2D eigenvalue weighted by atomic mass is 32.2. The Labute approximate surface area is 175 Å². The van der Waals surface area contributed by atoms with Crippen LogP contribution in [0.4, 0.5) is 16.2 Å². The molecule has 2 heterocycles. The van der Waals surface area contributed by atoms with E-state index >= 15 is 0 Å². The number of nitrogens with zero attached hydrogens (tertiary/aromatic N) is 2. The van der Waals surface area contributed by atoms with Crippen LogP contribution in [0.15, 0.2) is 48.5 Å². The molecule has 0 radical (unpaired) electrons. The van der Waals surface area contributed by atoms with Gasteiger partial charge in [-0.15, -0.1) is 11.8 Å². The zero-order valence-corrected chi connectivity index (χ0v) is 17.5. The number of rotatable bonds is 3. The molecule has 1 N–H and O–H groups in total. The summed E-state index contributed by atoms with van der Waals surface area (Å²) < 4.78 is 5.15. The van der Waals surface area contributed by atoms with Gasteiger partial charge in [-0.3, -0.25) is 9.69 Å². The molecule has 2 aromatic rings. The Kier molecular flexibility index (Phi) is 5.41. The topological polar surface area (TPSA) is 61.9 Å². The van der Waals surface area contributed by atoms with E-state index in [-0.39, 0.29) is 16.8 Å². The van der Waals surface area contributed by atoms with Crippen LogP contribution in [0.2, 0.25) is 0 Å². The number of urea groups is 1. The van der Waals surface area contributed by atoms with E-state index in [0.717, 1.165) is 30.0 Å². The quantitative estimate of drug-likeness (QED) is 0.826. The number of benzene rings is 2. The first-order valence-electron chi connectivity index (χ1n) is 9.74. The van der Waals surface area contributed by atoms with Gasteiger partial charge in [0, 0.05) is 24.5 Å². The summed E-state index contributed by atoms with van der Waals surface area (Å²) in [7, 11) is 1.61. The molecule has 0 aliphatic carbocycles. The molecule has 152 valence electrons. The van der Waals surface area contributed by atoms with Crippen molar-refractivity contribution in [1.82, 2.24) is 4.90 Å². The van der Waals surface area contributed by atoms with Gasteiger partial charge < -0.3 is 15.0 Å². The van der Waals surface area contributed by atoms with Crippen molar-refractivity contribution in [3.05, 3.63) is 54.1 Å². The van der Waals surface area contributed by atoms with Crippen LogP contribution in [-0.4, -0.2) is 47.7 Å². The second-order valence-electron chi connectivity index (χ2n) is 7.45. The minimum Gasteiger partial charge on any atom is -0.497 e. The number of amides is 3. The Balaban J connectivity index is 1.42. The summed E-state index contributed by atoms with van der Waals surface area (Å²) >= 11 is 1.71. The smallest absolute Gasteiger partial charge is 0.321 e. The number of nitrogens with one attached hydrogen (secondary N) is 1. The summed E-state index contributed by atoms with van der Waals surface area (Å²) in [6.45, 7) is 3.27. The molecule has 2 fully saturated rings. The van der Waals surface area contributed by atoms with Crippen molar-refractivity contribution < 1.29 is 14.3 Å². The van der Waals surface area contributed by atoms with Gasteiger partial charge in [0.15, 0.2) is 0 Å². The van der Waals surface area contributed by atoms with Crippen molar-refractivity contribution in [2.24, 2.45) is 0 Å². The van der Waals surface area contributed by atoms with Crippen molar-refractivity contribution in [3.63, 3.8) is 0 Å². The number of piperidine rings is 1. The standard InChI is InChI=1S/C22H25N3O3S/c1-16-3-7-18(8-4-16)25-20(26)15-29-22(25)11-13-24(14-12-22)21(27)23-17-5-9-19(28-2)10-6-17/h3-10H,11-15H2,1-2H3,(H,23,27). The van der Waals surface area contributed by atoms with E-state index < -0.39 is 0 Å². The van der Waals surface area contributed by atoms with Crippen LogP contribution < -0.4 is 15.0 Å². The van der Waals surface area contributed by atoms with Crippen molar-refractivity contribution in [3.8, 4) is 5.75 Å². The normalized spacial score (nSPS) is 18.2. The Hall–Kier alpha value is -2.67. The number of carbonyl (C=O) groups is 2. The van der Waals surface area contributed by atoms with Gasteiger partial charge in [0.2, 0.25) is 5.91 Å². The van der Waals surface area contributed by atoms with E-state index in [0.29, 0.717) is 18.8 Å². The summed E-state index contributed by atoms with van der Waals surface area (Å²) in [5.74, 6) is 1.39. The molecule has 29 heavy (non-hydrogen) atoms. The maximum atomic E-state index is 12.7. The molecule has 4 rings (SSSR count).